The molecule has 1 aromatic heterocycles. The van der Waals surface area contributed by atoms with Crippen molar-refractivity contribution in [3.05, 3.63) is 34.1 Å². The first-order valence-corrected chi connectivity index (χ1v) is 10.2. The zero-order chi connectivity index (χ0) is 18.9. The van der Waals surface area contributed by atoms with Crippen LogP contribution in [0.1, 0.15) is 36.5 Å². The molecule has 0 spiro atoms. The maximum atomic E-state index is 12.9. The minimum Gasteiger partial charge on any atom is -0.465 e. The number of nitrogens with zero attached hydrogens (tertiary/aromatic N) is 2. The lowest BCUT2D eigenvalue weighted by molar-refractivity contribution is 0.0601. The molecule has 1 aliphatic carbocycles. The largest absolute Gasteiger partial charge is 0.465 e. The average Bonchev–Trinajstić information content (AvgIpc) is 3.24. The Balaban J connectivity index is 2.00. The van der Waals surface area contributed by atoms with E-state index in [1.807, 2.05) is 0 Å². The molecule has 0 amide bonds. The van der Waals surface area contributed by atoms with E-state index in [0.29, 0.717) is 33.9 Å². The van der Waals surface area contributed by atoms with Gasteiger partial charge in [0.25, 0.3) is 5.56 Å². The van der Waals surface area contributed by atoms with E-state index >= 15 is 0 Å². The number of unbranched alkanes of at least 4 members (excludes halogenated alkanes) is 1. The zero-order valence-corrected chi connectivity index (χ0v) is 17.0. The van der Waals surface area contributed by atoms with Gasteiger partial charge in [-0.25, -0.2) is 9.78 Å². The van der Waals surface area contributed by atoms with Gasteiger partial charge in [-0.1, -0.05) is 25.1 Å². The first-order valence-electron chi connectivity index (χ1n) is 8.51. The Morgan fingerprint density at radius 2 is 2.19 bits per heavy atom. The molecule has 140 valence electrons. The van der Waals surface area contributed by atoms with Crippen LogP contribution in [0.2, 0.25) is 0 Å². The number of carbonyl (C=O) groups excluding carboxylic acids is 1. The molecule has 1 atom stereocenters. The minimum absolute atomic E-state index is 0.0961. The Labute approximate surface area is 166 Å². The van der Waals surface area contributed by atoms with E-state index in [4.69, 9.17) is 27.9 Å². The van der Waals surface area contributed by atoms with Crippen molar-refractivity contribution in [2.45, 2.75) is 42.2 Å². The molecule has 2 aromatic rings. The molecular weight excluding hydrogens is 395 g/mol. The summed E-state index contributed by atoms with van der Waals surface area (Å²) in [4.78, 5) is 29.3. The van der Waals surface area contributed by atoms with E-state index in [1.54, 1.807) is 22.8 Å². The molecule has 5 nitrogen and oxygen atoms in total. The molecule has 0 radical (unpaired) electrons. The fraction of sp³-hybridized carbons (Fsp3) is 0.500. The molecule has 8 heteroatoms. The number of benzene rings is 1. The Bertz CT molecular complexity index is 898. The van der Waals surface area contributed by atoms with Crippen LogP contribution in [-0.2, 0) is 11.3 Å². The van der Waals surface area contributed by atoms with Crippen LogP contribution >= 0.6 is 35.0 Å². The minimum atomic E-state index is -0.656. The van der Waals surface area contributed by atoms with Gasteiger partial charge in [-0.15, -0.1) is 23.2 Å². The molecule has 1 heterocycles. The maximum absolute atomic E-state index is 12.9. The van der Waals surface area contributed by atoms with Gasteiger partial charge < -0.3 is 4.74 Å². The predicted molar refractivity (Wildman–Crippen MR) is 106 cm³/mol. The summed E-state index contributed by atoms with van der Waals surface area (Å²) >= 11 is 13.7. The topological polar surface area (TPSA) is 61.2 Å². The van der Waals surface area contributed by atoms with Crippen LogP contribution in [0.3, 0.4) is 0 Å². The number of methoxy groups -OCH3 is 1. The molecule has 0 aliphatic heterocycles. The van der Waals surface area contributed by atoms with Gasteiger partial charge in [0.05, 0.1) is 23.6 Å². The third-order valence-electron chi connectivity index (χ3n) is 4.45. The van der Waals surface area contributed by atoms with Crippen molar-refractivity contribution in [2.24, 2.45) is 5.92 Å². The summed E-state index contributed by atoms with van der Waals surface area (Å²) in [5, 5.41) is 1.13. The van der Waals surface area contributed by atoms with Crippen molar-refractivity contribution >= 4 is 51.8 Å². The summed E-state index contributed by atoms with van der Waals surface area (Å²) < 4.78 is 5.80. The van der Waals surface area contributed by atoms with Crippen LogP contribution in [0.4, 0.5) is 0 Å². The van der Waals surface area contributed by atoms with Gasteiger partial charge in [0.1, 0.15) is 4.33 Å². The van der Waals surface area contributed by atoms with Crippen molar-refractivity contribution in [2.75, 3.05) is 12.9 Å². The predicted octanol–water partition coefficient (Wildman–Crippen LogP) is 4.27. The number of aromatic nitrogens is 2. The van der Waals surface area contributed by atoms with E-state index in [-0.39, 0.29) is 11.5 Å². The van der Waals surface area contributed by atoms with Crippen LogP contribution in [0.25, 0.3) is 10.9 Å². The Morgan fingerprint density at radius 1 is 1.46 bits per heavy atom. The summed E-state index contributed by atoms with van der Waals surface area (Å²) in [5.74, 6) is 0.447. The molecule has 1 fully saturated rings. The second kappa shape index (κ2) is 7.79. The van der Waals surface area contributed by atoms with E-state index in [9.17, 15) is 9.59 Å². The molecular formula is C18H20Cl2N2O3S. The molecule has 26 heavy (non-hydrogen) atoms. The fourth-order valence-corrected chi connectivity index (χ4v) is 4.65. The highest BCUT2D eigenvalue weighted by molar-refractivity contribution is 7.99. The lowest BCUT2D eigenvalue weighted by Crippen LogP contribution is -2.24. The number of ether oxygens (including phenoxy) is 1. The highest BCUT2D eigenvalue weighted by atomic mass is 35.5. The van der Waals surface area contributed by atoms with Crippen molar-refractivity contribution in [3.8, 4) is 0 Å². The van der Waals surface area contributed by atoms with E-state index < -0.39 is 10.3 Å². The Hall–Kier alpha value is -1.24. The van der Waals surface area contributed by atoms with Crippen molar-refractivity contribution in [1.29, 1.82) is 0 Å². The van der Waals surface area contributed by atoms with Crippen LogP contribution in [0, 0.1) is 5.92 Å². The highest BCUT2D eigenvalue weighted by Crippen LogP contribution is 2.54. The molecule has 0 unspecified atom stereocenters. The monoisotopic (exact) mass is 414 g/mol. The Morgan fingerprint density at radius 3 is 2.81 bits per heavy atom. The normalized spacial score (nSPS) is 18.1. The van der Waals surface area contributed by atoms with E-state index in [2.05, 4.69) is 11.9 Å². The highest BCUT2D eigenvalue weighted by Gasteiger charge is 2.51. The number of carbonyl (C=O) groups is 1. The number of hydrogen-bond donors (Lipinski definition) is 0. The summed E-state index contributed by atoms with van der Waals surface area (Å²) in [6.07, 6.45) is 2.62. The third kappa shape index (κ3) is 4.02. The summed E-state index contributed by atoms with van der Waals surface area (Å²) in [6.45, 7) is 2.69. The van der Waals surface area contributed by atoms with Gasteiger partial charge in [0.15, 0.2) is 5.16 Å². The van der Waals surface area contributed by atoms with Crippen LogP contribution < -0.4 is 5.56 Å². The van der Waals surface area contributed by atoms with Gasteiger partial charge in [-0.05, 0) is 31.0 Å². The van der Waals surface area contributed by atoms with Crippen LogP contribution in [-0.4, -0.2) is 32.7 Å². The molecule has 3 rings (SSSR count). The van der Waals surface area contributed by atoms with Crippen LogP contribution in [0.15, 0.2) is 28.2 Å². The SMILES string of the molecule is CCCCn1c(SC[C@H]2CC2(Cl)Cl)nc2cc(C(=O)OC)ccc2c1=O. The van der Waals surface area contributed by atoms with Crippen LogP contribution in [0.5, 0.6) is 0 Å². The number of thioether (sulfide) groups is 1. The Kier molecular flexibility index (Phi) is 5.85. The lowest BCUT2D eigenvalue weighted by atomic mass is 10.1. The number of fused-ring (bicyclic) bond motifs is 1. The summed E-state index contributed by atoms with van der Waals surface area (Å²) in [6, 6.07) is 4.83. The number of rotatable bonds is 7. The fourth-order valence-electron chi connectivity index (χ4n) is 2.69. The second-order valence-corrected chi connectivity index (χ2v) is 8.93. The first-order chi connectivity index (χ1) is 12.4. The molecule has 0 N–H and O–H groups in total. The summed E-state index contributed by atoms with van der Waals surface area (Å²) in [5.41, 5.74) is 0.769. The quantitative estimate of drug-likeness (QED) is 0.293. The maximum Gasteiger partial charge on any atom is 0.337 e. The van der Waals surface area contributed by atoms with Crippen molar-refractivity contribution in [3.63, 3.8) is 0 Å². The van der Waals surface area contributed by atoms with Gasteiger partial charge in [-0.2, -0.15) is 0 Å². The second-order valence-electron chi connectivity index (χ2n) is 6.40. The zero-order valence-electron chi connectivity index (χ0n) is 14.6. The molecule has 0 saturated heterocycles. The third-order valence-corrected chi connectivity index (χ3v) is 6.51. The number of halogens is 2. The number of esters is 1. The molecule has 1 aromatic carbocycles. The van der Waals surface area contributed by atoms with Crippen molar-refractivity contribution < 1.29 is 9.53 Å². The first kappa shape index (κ1) is 19.5. The van der Waals surface area contributed by atoms with Gasteiger partial charge >= 0.3 is 5.97 Å². The van der Waals surface area contributed by atoms with Gasteiger partial charge in [0.2, 0.25) is 0 Å². The van der Waals surface area contributed by atoms with Gasteiger partial charge in [0, 0.05) is 18.2 Å². The molecule has 0 bridgehead atoms. The smallest absolute Gasteiger partial charge is 0.337 e. The summed E-state index contributed by atoms with van der Waals surface area (Å²) in [7, 11) is 1.32. The van der Waals surface area contributed by atoms with Crippen molar-refractivity contribution in [1.82, 2.24) is 9.55 Å². The standard InChI is InChI=1S/C18H20Cl2N2O3S/c1-3-4-7-22-15(23)13-6-5-11(16(24)25-2)8-14(13)21-17(22)26-10-12-9-18(12,19)20/h5-6,8,12H,3-4,7,9-10H2,1-2H3/t12-/m1/s1. The number of hydrogen-bond acceptors (Lipinski definition) is 5. The molecule has 1 aliphatic rings. The number of alkyl halides is 2. The van der Waals surface area contributed by atoms with E-state index in [0.717, 1.165) is 19.3 Å². The lowest BCUT2D eigenvalue weighted by Gasteiger charge is -2.13. The average molecular weight is 415 g/mol. The van der Waals surface area contributed by atoms with E-state index in [1.165, 1.54) is 18.9 Å². The van der Waals surface area contributed by atoms with Gasteiger partial charge in [-0.3, -0.25) is 9.36 Å². The molecule has 1 saturated carbocycles.